The van der Waals surface area contributed by atoms with Crippen molar-refractivity contribution in [3.63, 3.8) is 0 Å². The number of hydrogen-bond acceptors (Lipinski definition) is 3. The molecule has 1 aliphatic carbocycles. The summed E-state index contributed by atoms with van der Waals surface area (Å²) < 4.78 is 5.57. The molecule has 1 rings (SSSR count). The molecule has 0 radical (unpaired) electrons. The molecule has 0 aromatic rings. The van der Waals surface area contributed by atoms with Crippen molar-refractivity contribution in [2.24, 2.45) is 23.2 Å². The first-order chi connectivity index (χ1) is 13.8. The number of esters is 1. The number of carbonyl (C=O) groups is 2. The third-order valence-corrected chi connectivity index (χ3v) is 6.44. The van der Waals surface area contributed by atoms with E-state index >= 15 is 0 Å². The lowest BCUT2D eigenvalue weighted by atomic mass is 9.63. The molecule has 0 spiro atoms. The highest BCUT2D eigenvalue weighted by atomic mass is 16.5. The molecule has 1 aliphatic rings. The van der Waals surface area contributed by atoms with Crippen molar-refractivity contribution < 1.29 is 19.4 Å². The highest BCUT2D eigenvalue weighted by Crippen LogP contribution is 2.46. The Kier molecular flexibility index (Phi) is 12.6. The minimum atomic E-state index is -0.826. The Bertz CT molecular complexity index is 471. The Morgan fingerprint density at radius 1 is 0.897 bits per heavy atom. The molecule has 0 heterocycles. The maximum atomic E-state index is 13.0. The zero-order chi connectivity index (χ0) is 21.7. The number of hydrogen-bond donors (Lipinski definition) is 1. The predicted octanol–water partition coefficient (Wildman–Crippen LogP) is 7.00. The van der Waals surface area contributed by atoms with Crippen molar-refractivity contribution in [3.8, 4) is 0 Å². The van der Waals surface area contributed by atoms with Gasteiger partial charge in [-0.15, -0.1) is 0 Å². The fraction of sp³-hybridized carbons (Fsp3) is 0.920. The van der Waals surface area contributed by atoms with Gasteiger partial charge in [-0.1, -0.05) is 98.3 Å². The van der Waals surface area contributed by atoms with Crippen molar-refractivity contribution >= 4 is 11.9 Å². The molecule has 0 aliphatic heterocycles. The molecular formula is C25H46O4. The lowest BCUT2D eigenvalue weighted by molar-refractivity contribution is -0.172. The van der Waals surface area contributed by atoms with Crippen LogP contribution in [-0.4, -0.2) is 23.7 Å². The molecule has 0 aromatic carbocycles. The van der Waals surface area contributed by atoms with Crippen LogP contribution in [0.5, 0.6) is 0 Å². The zero-order valence-electron chi connectivity index (χ0n) is 19.5. The second-order valence-electron chi connectivity index (χ2n) is 10.0. The third kappa shape index (κ3) is 9.53. The van der Waals surface area contributed by atoms with Gasteiger partial charge in [-0.25, -0.2) is 0 Å². The van der Waals surface area contributed by atoms with Gasteiger partial charge >= 0.3 is 11.9 Å². The summed E-state index contributed by atoms with van der Waals surface area (Å²) in [5.74, 6) is -0.597. The fourth-order valence-corrected chi connectivity index (χ4v) is 4.68. The maximum absolute atomic E-state index is 13.0. The Morgan fingerprint density at radius 2 is 1.48 bits per heavy atom. The monoisotopic (exact) mass is 410 g/mol. The predicted molar refractivity (Wildman–Crippen MR) is 119 cm³/mol. The minimum Gasteiger partial charge on any atom is -0.481 e. The first kappa shape index (κ1) is 26.0. The highest BCUT2D eigenvalue weighted by Gasteiger charge is 2.51. The van der Waals surface area contributed by atoms with Crippen molar-refractivity contribution in [1.82, 2.24) is 0 Å². The largest absolute Gasteiger partial charge is 0.481 e. The van der Waals surface area contributed by atoms with E-state index in [0.717, 1.165) is 31.6 Å². The van der Waals surface area contributed by atoms with Gasteiger partial charge in [-0.05, 0) is 31.1 Å². The van der Waals surface area contributed by atoms with Gasteiger partial charge in [0, 0.05) is 0 Å². The van der Waals surface area contributed by atoms with Gasteiger partial charge in [0.05, 0.1) is 17.9 Å². The van der Waals surface area contributed by atoms with Crippen molar-refractivity contribution in [3.05, 3.63) is 0 Å². The molecular weight excluding hydrogens is 364 g/mol. The van der Waals surface area contributed by atoms with Crippen LogP contribution in [-0.2, 0) is 14.3 Å². The average molecular weight is 411 g/mol. The SMILES string of the molecule is CC(C)CCCCCCCCCCC1(C(=O)OCC(C)C)CCCCC1C(=O)O. The van der Waals surface area contributed by atoms with Crippen LogP contribution < -0.4 is 0 Å². The molecule has 1 N–H and O–H groups in total. The standard InChI is InChI=1S/C25H46O4/c1-20(2)15-11-9-7-5-6-8-10-13-17-25(24(28)29-19-21(3)4)18-14-12-16-22(25)23(26)27/h20-22H,5-19H2,1-4H3,(H,26,27). The number of carboxylic acids is 1. The smallest absolute Gasteiger partial charge is 0.312 e. The Balaban J connectivity index is 2.44. The lowest BCUT2D eigenvalue weighted by Crippen LogP contribution is -2.46. The Morgan fingerprint density at radius 3 is 2.03 bits per heavy atom. The van der Waals surface area contributed by atoms with E-state index in [-0.39, 0.29) is 11.9 Å². The molecule has 4 heteroatoms. The molecule has 0 bridgehead atoms. The molecule has 2 atom stereocenters. The molecule has 0 amide bonds. The molecule has 1 saturated carbocycles. The summed E-state index contributed by atoms with van der Waals surface area (Å²) in [6.45, 7) is 8.97. The van der Waals surface area contributed by atoms with Crippen LogP contribution in [0.3, 0.4) is 0 Å². The normalized spacial score (nSPS) is 22.2. The summed E-state index contributed by atoms with van der Waals surface area (Å²) in [7, 11) is 0. The maximum Gasteiger partial charge on any atom is 0.312 e. The quantitative estimate of drug-likeness (QED) is 0.233. The molecule has 2 unspecified atom stereocenters. The summed E-state index contributed by atoms with van der Waals surface area (Å²) in [5.41, 5.74) is -0.810. The van der Waals surface area contributed by atoms with Gasteiger partial charge in [0.1, 0.15) is 0 Å². The van der Waals surface area contributed by atoms with Crippen LogP contribution in [0.2, 0.25) is 0 Å². The van der Waals surface area contributed by atoms with E-state index in [4.69, 9.17) is 4.74 Å². The van der Waals surface area contributed by atoms with E-state index < -0.39 is 17.3 Å². The van der Waals surface area contributed by atoms with Gasteiger partial charge in [-0.2, -0.15) is 0 Å². The van der Waals surface area contributed by atoms with Crippen LogP contribution in [0, 0.1) is 23.2 Å². The van der Waals surface area contributed by atoms with Crippen LogP contribution in [0.1, 0.15) is 118 Å². The molecule has 0 aromatic heterocycles. The number of unbranched alkanes of at least 4 members (excludes halogenated alkanes) is 7. The van der Waals surface area contributed by atoms with Crippen molar-refractivity contribution in [1.29, 1.82) is 0 Å². The first-order valence-electron chi connectivity index (χ1n) is 12.2. The number of carbonyl (C=O) groups excluding carboxylic acids is 1. The third-order valence-electron chi connectivity index (χ3n) is 6.44. The fourth-order valence-electron chi connectivity index (χ4n) is 4.68. The number of rotatable bonds is 15. The second-order valence-corrected chi connectivity index (χ2v) is 10.0. The van der Waals surface area contributed by atoms with Gasteiger partial charge in [0.25, 0.3) is 0 Å². The van der Waals surface area contributed by atoms with Crippen molar-refractivity contribution in [2.75, 3.05) is 6.61 Å². The summed E-state index contributed by atoms with van der Waals surface area (Å²) in [5, 5.41) is 9.77. The molecule has 1 fully saturated rings. The van der Waals surface area contributed by atoms with Crippen LogP contribution in [0.15, 0.2) is 0 Å². The van der Waals surface area contributed by atoms with Crippen LogP contribution >= 0.6 is 0 Å². The van der Waals surface area contributed by atoms with E-state index in [0.29, 0.717) is 25.9 Å². The minimum absolute atomic E-state index is 0.261. The summed E-state index contributed by atoms with van der Waals surface area (Å²) >= 11 is 0. The summed E-state index contributed by atoms with van der Waals surface area (Å²) in [6, 6.07) is 0. The molecule has 29 heavy (non-hydrogen) atoms. The molecule has 0 saturated heterocycles. The van der Waals surface area contributed by atoms with E-state index in [1.54, 1.807) is 0 Å². The van der Waals surface area contributed by atoms with Gasteiger partial charge in [0.15, 0.2) is 0 Å². The van der Waals surface area contributed by atoms with E-state index in [2.05, 4.69) is 13.8 Å². The number of aliphatic carboxylic acids is 1. The van der Waals surface area contributed by atoms with E-state index in [1.165, 1.54) is 44.9 Å². The Labute approximate surface area is 179 Å². The number of carboxylic acid groups (broad SMARTS) is 1. The molecule has 170 valence electrons. The summed E-state index contributed by atoms with van der Waals surface area (Å²) in [6.07, 6.45) is 14.8. The first-order valence-corrected chi connectivity index (χ1v) is 12.2. The van der Waals surface area contributed by atoms with Gasteiger partial charge in [0.2, 0.25) is 0 Å². The average Bonchev–Trinajstić information content (AvgIpc) is 2.67. The van der Waals surface area contributed by atoms with Crippen LogP contribution in [0.25, 0.3) is 0 Å². The van der Waals surface area contributed by atoms with Gasteiger partial charge in [-0.3, -0.25) is 9.59 Å². The number of ether oxygens (including phenoxy) is 1. The zero-order valence-corrected chi connectivity index (χ0v) is 19.5. The van der Waals surface area contributed by atoms with Crippen LogP contribution in [0.4, 0.5) is 0 Å². The topological polar surface area (TPSA) is 63.6 Å². The lowest BCUT2D eigenvalue weighted by Gasteiger charge is -2.40. The Hall–Kier alpha value is -1.06. The van der Waals surface area contributed by atoms with E-state index in [9.17, 15) is 14.7 Å². The van der Waals surface area contributed by atoms with Gasteiger partial charge < -0.3 is 9.84 Å². The molecule has 4 nitrogen and oxygen atoms in total. The highest BCUT2D eigenvalue weighted by molar-refractivity contribution is 5.85. The summed E-state index contributed by atoms with van der Waals surface area (Å²) in [4.78, 5) is 24.9. The van der Waals surface area contributed by atoms with E-state index in [1.807, 2.05) is 13.8 Å². The van der Waals surface area contributed by atoms with Crippen molar-refractivity contribution in [2.45, 2.75) is 118 Å². The second kappa shape index (κ2) is 14.0.